The van der Waals surface area contributed by atoms with Crippen LogP contribution < -0.4 is 5.73 Å². The molecule has 0 saturated carbocycles. The largest absolute Gasteiger partial charge is 0.465 e. The number of nitrogens with zero attached hydrogens (tertiary/aromatic N) is 1. The molecule has 0 aromatic carbocycles. The Morgan fingerprint density at radius 2 is 2.25 bits per heavy atom. The number of rotatable bonds is 1. The number of anilines is 1. The normalized spacial score (nSPS) is 8.42. The molecule has 66 valence electrons. The second kappa shape index (κ2) is 4.33. The summed E-state index contributed by atoms with van der Waals surface area (Å²) in [6.07, 6.45) is 1.38. The Balaban J connectivity index is 0.00000121. The van der Waals surface area contributed by atoms with Crippen molar-refractivity contribution in [2.24, 2.45) is 0 Å². The van der Waals surface area contributed by atoms with Crippen LogP contribution in [0.25, 0.3) is 0 Å². The van der Waals surface area contributed by atoms with E-state index in [4.69, 9.17) is 5.73 Å². The first-order valence-electron chi connectivity index (χ1n) is 3.04. The summed E-state index contributed by atoms with van der Waals surface area (Å²) in [7, 11) is 1.32. The van der Waals surface area contributed by atoms with Crippen molar-refractivity contribution in [1.29, 1.82) is 0 Å². The van der Waals surface area contributed by atoms with Gasteiger partial charge in [-0.1, -0.05) is 7.43 Å². The molecule has 0 saturated heterocycles. The highest BCUT2D eigenvalue weighted by Gasteiger charge is 2.03. The zero-order chi connectivity index (χ0) is 8.27. The third-order valence-corrected chi connectivity index (χ3v) is 1.21. The summed E-state index contributed by atoms with van der Waals surface area (Å²) in [4.78, 5) is 14.5. The maximum atomic E-state index is 10.8. The van der Waals surface area contributed by atoms with Gasteiger partial charge in [-0.05, 0) is 12.1 Å². The van der Waals surface area contributed by atoms with Crippen LogP contribution in [0, 0.1) is 0 Å². The number of esters is 1. The summed E-state index contributed by atoms with van der Waals surface area (Å²) in [5.41, 5.74) is 5.71. The van der Waals surface area contributed by atoms with E-state index in [2.05, 4.69) is 9.72 Å². The van der Waals surface area contributed by atoms with Gasteiger partial charge in [0.2, 0.25) is 0 Å². The van der Waals surface area contributed by atoms with Crippen molar-refractivity contribution in [1.82, 2.24) is 4.98 Å². The van der Waals surface area contributed by atoms with Crippen molar-refractivity contribution >= 4 is 11.8 Å². The van der Waals surface area contributed by atoms with E-state index in [1.54, 1.807) is 12.1 Å². The van der Waals surface area contributed by atoms with Gasteiger partial charge in [0.1, 0.15) is 5.82 Å². The van der Waals surface area contributed by atoms with Crippen molar-refractivity contribution in [3.8, 4) is 0 Å². The lowest BCUT2D eigenvalue weighted by molar-refractivity contribution is 0.0600. The molecule has 0 unspecified atom stereocenters. The molecule has 12 heavy (non-hydrogen) atoms. The van der Waals surface area contributed by atoms with Crippen molar-refractivity contribution in [3.05, 3.63) is 23.9 Å². The van der Waals surface area contributed by atoms with Crippen molar-refractivity contribution in [3.63, 3.8) is 0 Å². The van der Waals surface area contributed by atoms with E-state index in [0.717, 1.165) is 0 Å². The summed E-state index contributed by atoms with van der Waals surface area (Å²) in [5.74, 6) is -0.0184. The summed E-state index contributed by atoms with van der Waals surface area (Å²) < 4.78 is 4.46. The van der Waals surface area contributed by atoms with E-state index >= 15 is 0 Å². The molecule has 0 aliphatic heterocycles. The number of nitrogens with two attached hydrogens (primary N) is 1. The number of aromatic nitrogens is 1. The van der Waals surface area contributed by atoms with Crippen LogP contribution >= 0.6 is 0 Å². The van der Waals surface area contributed by atoms with Gasteiger partial charge < -0.3 is 10.5 Å². The maximum absolute atomic E-state index is 10.8. The molecule has 0 radical (unpaired) electrons. The first-order chi connectivity index (χ1) is 5.24. The Morgan fingerprint density at radius 3 is 2.67 bits per heavy atom. The molecule has 1 rings (SSSR count). The maximum Gasteiger partial charge on any atom is 0.339 e. The molecule has 0 bridgehead atoms. The van der Waals surface area contributed by atoms with E-state index in [0.29, 0.717) is 11.4 Å². The SMILES string of the molecule is C.COC(=O)c1ccc(N)nc1. The van der Waals surface area contributed by atoms with Gasteiger partial charge in [-0.2, -0.15) is 0 Å². The lowest BCUT2D eigenvalue weighted by Crippen LogP contribution is -2.02. The Kier molecular flexibility index (Phi) is 3.76. The molecule has 0 aliphatic rings. The average molecular weight is 168 g/mol. The number of carbonyl (C=O) groups is 1. The fraction of sp³-hybridized carbons (Fsp3) is 0.250. The Labute approximate surface area is 71.4 Å². The summed E-state index contributed by atoms with van der Waals surface area (Å²) in [6.45, 7) is 0. The summed E-state index contributed by atoms with van der Waals surface area (Å²) >= 11 is 0. The molecule has 4 nitrogen and oxygen atoms in total. The molecule has 0 fully saturated rings. The molecular weight excluding hydrogens is 156 g/mol. The Bertz CT molecular complexity index is 256. The molecular formula is C8H12N2O2. The minimum absolute atomic E-state index is 0. The lowest BCUT2D eigenvalue weighted by atomic mass is 10.3. The highest BCUT2D eigenvalue weighted by atomic mass is 16.5. The van der Waals surface area contributed by atoms with E-state index in [1.807, 2.05) is 0 Å². The summed E-state index contributed by atoms with van der Waals surface area (Å²) in [5, 5.41) is 0. The van der Waals surface area contributed by atoms with Gasteiger partial charge in [-0.3, -0.25) is 0 Å². The number of hydrogen-bond acceptors (Lipinski definition) is 4. The zero-order valence-corrected chi connectivity index (χ0v) is 6.07. The molecule has 2 N–H and O–H groups in total. The van der Waals surface area contributed by atoms with Gasteiger partial charge in [0.15, 0.2) is 0 Å². The molecule has 0 aliphatic carbocycles. The second-order valence-electron chi connectivity index (χ2n) is 1.96. The molecule has 1 heterocycles. The molecule has 1 aromatic rings. The van der Waals surface area contributed by atoms with Gasteiger partial charge in [0, 0.05) is 6.20 Å². The molecule has 4 heteroatoms. The van der Waals surface area contributed by atoms with Gasteiger partial charge in [0.25, 0.3) is 0 Å². The minimum atomic E-state index is -0.405. The number of nitrogen functional groups attached to an aromatic ring is 1. The van der Waals surface area contributed by atoms with E-state index in [-0.39, 0.29) is 7.43 Å². The number of carbonyl (C=O) groups excluding carboxylic acids is 1. The number of pyridine rings is 1. The number of methoxy groups -OCH3 is 1. The van der Waals surface area contributed by atoms with Crippen molar-refractivity contribution < 1.29 is 9.53 Å². The van der Waals surface area contributed by atoms with Crippen molar-refractivity contribution in [2.75, 3.05) is 12.8 Å². The van der Waals surface area contributed by atoms with Crippen molar-refractivity contribution in [2.45, 2.75) is 7.43 Å². The van der Waals surface area contributed by atoms with Crippen LogP contribution in [0.15, 0.2) is 18.3 Å². The van der Waals surface area contributed by atoms with Gasteiger partial charge in [0.05, 0.1) is 12.7 Å². The third-order valence-electron chi connectivity index (χ3n) is 1.21. The predicted octanol–water partition coefficient (Wildman–Crippen LogP) is 1.09. The molecule has 0 atom stereocenters. The van der Waals surface area contributed by atoms with Crippen LogP contribution in [0.1, 0.15) is 17.8 Å². The summed E-state index contributed by atoms with van der Waals surface area (Å²) in [6, 6.07) is 3.11. The monoisotopic (exact) mass is 168 g/mol. The Morgan fingerprint density at radius 1 is 1.58 bits per heavy atom. The van der Waals surface area contributed by atoms with E-state index < -0.39 is 5.97 Å². The smallest absolute Gasteiger partial charge is 0.339 e. The highest BCUT2D eigenvalue weighted by molar-refractivity contribution is 5.89. The topological polar surface area (TPSA) is 65.2 Å². The lowest BCUT2D eigenvalue weighted by Gasteiger charge is -1.97. The third kappa shape index (κ3) is 2.23. The fourth-order valence-corrected chi connectivity index (χ4v) is 0.644. The fourth-order valence-electron chi connectivity index (χ4n) is 0.644. The van der Waals surface area contributed by atoms with E-state index in [9.17, 15) is 4.79 Å². The van der Waals surface area contributed by atoms with Crippen LogP contribution in [0.5, 0.6) is 0 Å². The Hall–Kier alpha value is -1.58. The molecule has 1 aromatic heterocycles. The minimum Gasteiger partial charge on any atom is -0.465 e. The van der Waals surface area contributed by atoms with Crippen LogP contribution in [-0.4, -0.2) is 18.1 Å². The molecule has 0 amide bonds. The van der Waals surface area contributed by atoms with Gasteiger partial charge in [-0.25, -0.2) is 9.78 Å². The second-order valence-corrected chi connectivity index (χ2v) is 1.96. The van der Waals surface area contributed by atoms with Crippen LogP contribution in [-0.2, 0) is 4.74 Å². The van der Waals surface area contributed by atoms with Gasteiger partial charge in [-0.15, -0.1) is 0 Å². The number of hydrogen-bond donors (Lipinski definition) is 1. The van der Waals surface area contributed by atoms with Crippen LogP contribution in [0.2, 0.25) is 0 Å². The highest BCUT2D eigenvalue weighted by Crippen LogP contribution is 2.01. The average Bonchev–Trinajstić information content (AvgIpc) is 2.05. The number of ether oxygens (including phenoxy) is 1. The van der Waals surface area contributed by atoms with Crippen LogP contribution in [0.4, 0.5) is 5.82 Å². The first kappa shape index (κ1) is 10.4. The zero-order valence-electron chi connectivity index (χ0n) is 6.07. The van der Waals surface area contributed by atoms with E-state index in [1.165, 1.54) is 13.3 Å². The standard InChI is InChI=1S/C7H8N2O2.CH4/c1-11-7(10)5-2-3-6(8)9-4-5;/h2-4H,1H3,(H2,8,9);1H4. The quantitative estimate of drug-likeness (QED) is 0.637. The first-order valence-corrected chi connectivity index (χ1v) is 3.04. The van der Waals surface area contributed by atoms with Crippen LogP contribution in [0.3, 0.4) is 0 Å². The predicted molar refractivity (Wildman–Crippen MR) is 46.7 cm³/mol. The van der Waals surface area contributed by atoms with Gasteiger partial charge >= 0.3 is 5.97 Å². The molecule has 0 spiro atoms.